The molecule has 0 saturated carbocycles. The molecule has 2 aromatic rings. The van der Waals surface area contributed by atoms with E-state index in [9.17, 15) is 9.59 Å². The summed E-state index contributed by atoms with van der Waals surface area (Å²) < 4.78 is 0. The van der Waals surface area contributed by atoms with Crippen LogP contribution >= 0.6 is 0 Å². The summed E-state index contributed by atoms with van der Waals surface area (Å²) in [7, 11) is 0. The zero-order valence-corrected chi connectivity index (χ0v) is 10.6. The van der Waals surface area contributed by atoms with Gasteiger partial charge < -0.3 is 5.73 Å². The van der Waals surface area contributed by atoms with E-state index in [0.717, 1.165) is 5.56 Å². The van der Waals surface area contributed by atoms with Crippen LogP contribution in [0.5, 0.6) is 0 Å². The second kappa shape index (κ2) is 6.38. The van der Waals surface area contributed by atoms with E-state index in [-0.39, 0.29) is 5.71 Å². The Balaban J connectivity index is 2.56. The third-order valence-corrected chi connectivity index (χ3v) is 2.77. The van der Waals surface area contributed by atoms with Gasteiger partial charge in [0.25, 0.3) is 0 Å². The van der Waals surface area contributed by atoms with Gasteiger partial charge in [-0.25, -0.2) is 4.79 Å². The van der Waals surface area contributed by atoms with E-state index in [1.54, 1.807) is 18.3 Å². The van der Waals surface area contributed by atoms with Crippen molar-refractivity contribution in [3.05, 3.63) is 66.0 Å². The van der Waals surface area contributed by atoms with Crippen molar-refractivity contribution >= 4 is 18.0 Å². The van der Waals surface area contributed by atoms with E-state index in [1.807, 2.05) is 36.4 Å². The Labute approximate surface area is 116 Å². The number of aldehydes is 1. The van der Waals surface area contributed by atoms with Crippen molar-refractivity contribution in [3.8, 4) is 0 Å². The lowest BCUT2D eigenvalue weighted by Crippen LogP contribution is -2.20. The van der Waals surface area contributed by atoms with Gasteiger partial charge in [-0.2, -0.15) is 4.99 Å². The van der Waals surface area contributed by atoms with Crippen molar-refractivity contribution < 1.29 is 9.59 Å². The van der Waals surface area contributed by atoms with E-state index in [1.165, 1.54) is 0 Å². The summed E-state index contributed by atoms with van der Waals surface area (Å²) >= 11 is 0. The van der Waals surface area contributed by atoms with Crippen LogP contribution < -0.4 is 5.73 Å². The molecule has 0 saturated heterocycles. The molecule has 0 aliphatic heterocycles. The molecular weight excluding hydrogens is 254 g/mol. The molecule has 0 fully saturated rings. The Morgan fingerprint density at radius 2 is 1.85 bits per heavy atom. The minimum Gasteiger partial charge on any atom is -0.350 e. The van der Waals surface area contributed by atoms with E-state index in [0.29, 0.717) is 12.0 Å². The number of nitrogens with two attached hydrogens (primary N) is 1. The molecule has 0 radical (unpaired) electrons. The first-order valence-corrected chi connectivity index (χ1v) is 6.01. The lowest BCUT2D eigenvalue weighted by molar-refractivity contribution is -0.102. The molecule has 1 heterocycles. The molecule has 0 spiro atoms. The zero-order chi connectivity index (χ0) is 14.4. The summed E-state index contributed by atoms with van der Waals surface area (Å²) in [5, 5.41) is 0. The summed E-state index contributed by atoms with van der Waals surface area (Å²) in [5.74, 6) is -0.512. The van der Waals surface area contributed by atoms with Gasteiger partial charge in [0.15, 0.2) is 6.29 Å². The van der Waals surface area contributed by atoms with Gasteiger partial charge in [-0.05, 0) is 17.7 Å². The molecule has 0 aliphatic carbocycles. The predicted molar refractivity (Wildman–Crippen MR) is 75.6 cm³/mol. The number of rotatable bonds is 4. The Bertz CT molecular complexity index is 585. The van der Waals surface area contributed by atoms with Gasteiger partial charge in [-0.1, -0.05) is 36.4 Å². The SMILES string of the molecule is NC(=O)N=C(C=O)C(c1ccccc1)c1ccccn1. The van der Waals surface area contributed by atoms with Crippen molar-refractivity contribution in [1.29, 1.82) is 0 Å². The van der Waals surface area contributed by atoms with Gasteiger partial charge in [0, 0.05) is 6.20 Å². The van der Waals surface area contributed by atoms with Gasteiger partial charge in [0.05, 0.1) is 17.3 Å². The number of primary amides is 1. The predicted octanol–water partition coefficient (Wildman–Crippen LogP) is 1.93. The van der Waals surface area contributed by atoms with Gasteiger partial charge >= 0.3 is 6.03 Å². The van der Waals surface area contributed by atoms with E-state index in [4.69, 9.17) is 5.73 Å². The topological polar surface area (TPSA) is 85.4 Å². The lowest BCUT2D eigenvalue weighted by atomic mass is 9.91. The molecule has 0 aliphatic rings. The minimum absolute atomic E-state index is 0.0439. The molecule has 2 N–H and O–H groups in total. The Morgan fingerprint density at radius 3 is 2.40 bits per heavy atom. The average Bonchev–Trinajstić information content (AvgIpc) is 2.48. The highest BCUT2D eigenvalue weighted by Gasteiger charge is 2.22. The summed E-state index contributed by atoms with van der Waals surface area (Å²) in [6.07, 6.45) is 2.16. The number of carbonyl (C=O) groups excluding carboxylic acids is 2. The van der Waals surface area contributed by atoms with Gasteiger partial charge in [0.2, 0.25) is 0 Å². The fourth-order valence-corrected chi connectivity index (χ4v) is 1.97. The smallest absolute Gasteiger partial charge is 0.338 e. The maximum atomic E-state index is 11.3. The first-order valence-electron chi connectivity index (χ1n) is 6.01. The van der Waals surface area contributed by atoms with Crippen LogP contribution in [0.1, 0.15) is 17.2 Å². The molecule has 1 unspecified atom stereocenters. The first kappa shape index (κ1) is 13.6. The van der Waals surface area contributed by atoms with Crippen LogP contribution in [0.3, 0.4) is 0 Å². The number of urea groups is 1. The third-order valence-electron chi connectivity index (χ3n) is 2.77. The monoisotopic (exact) mass is 267 g/mol. The number of benzene rings is 1. The first-order chi connectivity index (χ1) is 9.72. The van der Waals surface area contributed by atoms with Crippen LogP contribution in [0, 0.1) is 0 Å². The number of carbonyl (C=O) groups is 2. The number of hydrogen-bond acceptors (Lipinski definition) is 3. The molecule has 1 aromatic heterocycles. The molecule has 1 atom stereocenters. The highest BCUT2D eigenvalue weighted by atomic mass is 16.2. The normalized spacial score (nSPS) is 12.7. The Kier molecular flexibility index (Phi) is 4.34. The maximum absolute atomic E-state index is 11.3. The maximum Gasteiger partial charge on any atom is 0.338 e. The molecule has 20 heavy (non-hydrogen) atoms. The van der Waals surface area contributed by atoms with Crippen LogP contribution in [0.25, 0.3) is 0 Å². The number of pyridine rings is 1. The van der Waals surface area contributed by atoms with Crippen molar-refractivity contribution in [1.82, 2.24) is 4.98 Å². The van der Waals surface area contributed by atoms with Crippen molar-refractivity contribution in [2.75, 3.05) is 0 Å². The standard InChI is InChI=1S/C15H13N3O2/c16-15(20)18-13(10-19)14(11-6-2-1-3-7-11)12-8-4-5-9-17-12/h1-10,14H,(H2,16,20). The zero-order valence-electron chi connectivity index (χ0n) is 10.6. The number of aromatic nitrogens is 1. The van der Waals surface area contributed by atoms with Gasteiger partial charge in [0.1, 0.15) is 0 Å². The molecule has 5 nitrogen and oxygen atoms in total. The van der Waals surface area contributed by atoms with Crippen molar-refractivity contribution in [3.63, 3.8) is 0 Å². The minimum atomic E-state index is -0.899. The molecule has 2 amide bonds. The lowest BCUT2D eigenvalue weighted by Gasteiger charge is -2.15. The Hall–Kier alpha value is -2.82. The van der Waals surface area contributed by atoms with E-state index in [2.05, 4.69) is 9.98 Å². The molecule has 0 bridgehead atoms. The van der Waals surface area contributed by atoms with Crippen LogP contribution in [0.2, 0.25) is 0 Å². The van der Waals surface area contributed by atoms with Crippen LogP contribution in [-0.2, 0) is 4.79 Å². The van der Waals surface area contributed by atoms with Crippen molar-refractivity contribution in [2.24, 2.45) is 10.7 Å². The number of hydrogen-bond donors (Lipinski definition) is 1. The third kappa shape index (κ3) is 3.14. The molecule has 1 aromatic carbocycles. The van der Waals surface area contributed by atoms with Crippen LogP contribution in [0.4, 0.5) is 4.79 Å². The van der Waals surface area contributed by atoms with E-state index < -0.39 is 11.9 Å². The fourth-order valence-electron chi connectivity index (χ4n) is 1.97. The largest absolute Gasteiger partial charge is 0.350 e. The van der Waals surface area contributed by atoms with Crippen LogP contribution in [-0.4, -0.2) is 23.0 Å². The number of nitrogens with zero attached hydrogens (tertiary/aromatic N) is 2. The number of aliphatic imine (C=N–C) groups is 1. The molecular formula is C15H13N3O2. The second-order valence-corrected chi connectivity index (χ2v) is 4.09. The quantitative estimate of drug-likeness (QED) is 0.678. The van der Waals surface area contributed by atoms with Gasteiger partial charge in [-0.15, -0.1) is 0 Å². The molecule has 5 heteroatoms. The van der Waals surface area contributed by atoms with Crippen molar-refractivity contribution in [2.45, 2.75) is 5.92 Å². The summed E-state index contributed by atoms with van der Waals surface area (Å²) in [5.41, 5.74) is 6.55. The second-order valence-electron chi connectivity index (χ2n) is 4.09. The molecule has 2 rings (SSSR count). The average molecular weight is 267 g/mol. The summed E-state index contributed by atoms with van der Waals surface area (Å²) in [4.78, 5) is 30.1. The van der Waals surface area contributed by atoms with Gasteiger partial charge in [-0.3, -0.25) is 9.78 Å². The highest BCUT2D eigenvalue weighted by Crippen LogP contribution is 2.24. The molecule has 100 valence electrons. The summed E-state index contributed by atoms with van der Waals surface area (Å²) in [6.45, 7) is 0. The highest BCUT2D eigenvalue weighted by molar-refractivity contribution is 6.33. The van der Waals surface area contributed by atoms with E-state index >= 15 is 0 Å². The number of amides is 2. The van der Waals surface area contributed by atoms with Crippen LogP contribution in [0.15, 0.2) is 59.7 Å². The Morgan fingerprint density at radius 1 is 1.15 bits per heavy atom. The fraction of sp³-hybridized carbons (Fsp3) is 0.0667. The summed E-state index contributed by atoms with van der Waals surface area (Å²) in [6, 6.07) is 13.7.